The SMILES string of the molecule is CCCC(CO)CCC(O)O. The highest BCUT2D eigenvalue weighted by molar-refractivity contribution is 4.57. The van der Waals surface area contributed by atoms with Gasteiger partial charge in [0.1, 0.15) is 0 Å². The molecule has 68 valence electrons. The Hall–Kier alpha value is -0.120. The van der Waals surface area contributed by atoms with Gasteiger partial charge < -0.3 is 15.3 Å². The summed E-state index contributed by atoms with van der Waals surface area (Å²) in [5.74, 6) is 0.238. The largest absolute Gasteiger partial charge is 0.396 e. The van der Waals surface area contributed by atoms with Gasteiger partial charge in [-0.3, -0.25) is 0 Å². The van der Waals surface area contributed by atoms with Crippen molar-refractivity contribution < 1.29 is 15.3 Å². The second kappa shape index (κ2) is 6.58. The summed E-state index contributed by atoms with van der Waals surface area (Å²) in [6.07, 6.45) is 1.84. The molecule has 0 saturated heterocycles. The molecule has 0 spiro atoms. The van der Waals surface area contributed by atoms with Crippen molar-refractivity contribution in [2.75, 3.05) is 6.61 Å². The summed E-state index contributed by atoms with van der Waals surface area (Å²) in [5.41, 5.74) is 0. The van der Waals surface area contributed by atoms with Gasteiger partial charge in [0.2, 0.25) is 0 Å². The number of aliphatic hydroxyl groups excluding tert-OH is 2. The molecule has 0 aliphatic carbocycles. The van der Waals surface area contributed by atoms with E-state index >= 15 is 0 Å². The Morgan fingerprint density at radius 2 is 1.73 bits per heavy atom. The van der Waals surface area contributed by atoms with Crippen LogP contribution in [0.1, 0.15) is 32.6 Å². The molecule has 0 aromatic carbocycles. The van der Waals surface area contributed by atoms with E-state index in [0.29, 0.717) is 12.8 Å². The maximum atomic E-state index is 8.81. The van der Waals surface area contributed by atoms with Crippen LogP contribution in [0.25, 0.3) is 0 Å². The maximum absolute atomic E-state index is 8.81. The molecular formula is C8H18O3. The Labute approximate surface area is 67.7 Å². The summed E-state index contributed by atoms with van der Waals surface area (Å²) < 4.78 is 0. The zero-order valence-corrected chi connectivity index (χ0v) is 7.03. The van der Waals surface area contributed by atoms with E-state index in [1.54, 1.807) is 0 Å². The Balaban J connectivity index is 3.35. The third-order valence-corrected chi connectivity index (χ3v) is 1.79. The minimum atomic E-state index is -1.22. The smallest absolute Gasteiger partial charge is 0.151 e. The fourth-order valence-electron chi connectivity index (χ4n) is 1.12. The van der Waals surface area contributed by atoms with Gasteiger partial charge in [0.05, 0.1) is 0 Å². The quantitative estimate of drug-likeness (QED) is 0.498. The standard InChI is InChI=1S/C8H18O3/c1-2-3-7(6-9)4-5-8(10)11/h7-11H,2-6H2,1H3. The zero-order valence-electron chi connectivity index (χ0n) is 7.03. The first-order chi connectivity index (χ1) is 5.20. The van der Waals surface area contributed by atoms with E-state index in [-0.39, 0.29) is 12.5 Å². The molecule has 0 aliphatic rings. The van der Waals surface area contributed by atoms with Gasteiger partial charge >= 0.3 is 0 Å². The summed E-state index contributed by atoms with van der Waals surface area (Å²) in [5, 5.41) is 25.9. The lowest BCUT2D eigenvalue weighted by Crippen LogP contribution is -2.11. The molecule has 0 amide bonds. The van der Waals surface area contributed by atoms with Crippen LogP contribution in [0.15, 0.2) is 0 Å². The van der Waals surface area contributed by atoms with Crippen LogP contribution in [0, 0.1) is 5.92 Å². The number of hydrogen-bond acceptors (Lipinski definition) is 3. The van der Waals surface area contributed by atoms with Gasteiger partial charge in [0.25, 0.3) is 0 Å². The Morgan fingerprint density at radius 3 is 2.09 bits per heavy atom. The monoisotopic (exact) mass is 162 g/mol. The van der Waals surface area contributed by atoms with Crippen LogP contribution in [0.4, 0.5) is 0 Å². The Kier molecular flexibility index (Phi) is 6.51. The van der Waals surface area contributed by atoms with Gasteiger partial charge in [0, 0.05) is 6.61 Å². The van der Waals surface area contributed by atoms with E-state index in [2.05, 4.69) is 6.92 Å². The van der Waals surface area contributed by atoms with Gasteiger partial charge in [-0.1, -0.05) is 13.3 Å². The Bertz CT molecular complexity index is 83.4. The van der Waals surface area contributed by atoms with E-state index in [1.165, 1.54) is 0 Å². The maximum Gasteiger partial charge on any atom is 0.151 e. The molecule has 0 heterocycles. The molecule has 0 fully saturated rings. The second-order valence-electron chi connectivity index (χ2n) is 2.90. The zero-order chi connectivity index (χ0) is 8.69. The molecule has 11 heavy (non-hydrogen) atoms. The van der Waals surface area contributed by atoms with Crippen molar-refractivity contribution in [1.82, 2.24) is 0 Å². The van der Waals surface area contributed by atoms with Crippen LogP contribution >= 0.6 is 0 Å². The van der Waals surface area contributed by atoms with Gasteiger partial charge in [-0.15, -0.1) is 0 Å². The second-order valence-corrected chi connectivity index (χ2v) is 2.90. The van der Waals surface area contributed by atoms with Gasteiger partial charge in [-0.05, 0) is 25.2 Å². The van der Waals surface area contributed by atoms with Crippen molar-refractivity contribution >= 4 is 0 Å². The van der Waals surface area contributed by atoms with Crippen LogP contribution in [-0.2, 0) is 0 Å². The average molecular weight is 162 g/mol. The van der Waals surface area contributed by atoms with Crippen LogP contribution in [0.3, 0.4) is 0 Å². The first kappa shape index (κ1) is 10.9. The molecule has 3 heteroatoms. The van der Waals surface area contributed by atoms with Gasteiger partial charge in [-0.2, -0.15) is 0 Å². The summed E-state index contributed by atoms with van der Waals surface area (Å²) in [6.45, 7) is 2.21. The highest BCUT2D eigenvalue weighted by Crippen LogP contribution is 2.13. The molecule has 0 aromatic heterocycles. The van der Waals surface area contributed by atoms with Gasteiger partial charge in [0.15, 0.2) is 6.29 Å². The van der Waals surface area contributed by atoms with E-state index in [0.717, 1.165) is 12.8 Å². The number of hydrogen-bond donors (Lipinski definition) is 3. The van der Waals surface area contributed by atoms with Crippen LogP contribution in [0.2, 0.25) is 0 Å². The lowest BCUT2D eigenvalue weighted by Gasteiger charge is -2.12. The molecular weight excluding hydrogens is 144 g/mol. The minimum Gasteiger partial charge on any atom is -0.396 e. The normalized spacial score (nSPS) is 13.9. The summed E-state index contributed by atoms with van der Waals surface area (Å²) in [7, 11) is 0. The van der Waals surface area contributed by atoms with Crippen molar-refractivity contribution in [1.29, 1.82) is 0 Å². The van der Waals surface area contributed by atoms with Crippen LogP contribution < -0.4 is 0 Å². The molecule has 0 aliphatic heterocycles. The van der Waals surface area contributed by atoms with E-state index < -0.39 is 6.29 Å². The molecule has 0 aromatic rings. The van der Waals surface area contributed by atoms with Crippen LogP contribution in [-0.4, -0.2) is 28.2 Å². The van der Waals surface area contributed by atoms with Gasteiger partial charge in [-0.25, -0.2) is 0 Å². The van der Waals surface area contributed by atoms with Crippen molar-refractivity contribution in [3.05, 3.63) is 0 Å². The Morgan fingerprint density at radius 1 is 1.09 bits per heavy atom. The first-order valence-electron chi connectivity index (χ1n) is 4.17. The predicted octanol–water partition coefficient (Wildman–Crippen LogP) is 0.486. The van der Waals surface area contributed by atoms with Crippen molar-refractivity contribution in [2.45, 2.75) is 38.9 Å². The highest BCUT2D eigenvalue weighted by Gasteiger charge is 2.07. The fraction of sp³-hybridized carbons (Fsp3) is 1.00. The third-order valence-electron chi connectivity index (χ3n) is 1.79. The fourth-order valence-corrected chi connectivity index (χ4v) is 1.12. The molecule has 0 saturated carbocycles. The predicted molar refractivity (Wildman–Crippen MR) is 42.9 cm³/mol. The lowest BCUT2D eigenvalue weighted by atomic mass is 9.99. The number of rotatable bonds is 6. The number of aliphatic hydroxyl groups is 3. The third kappa shape index (κ3) is 6.28. The molecule has 0 bridgehead atoms. The summed E-state index contributed by atoms with van der Waals surface area (Å²) in [4.78, 5) is 0. The van der Waals surface area contributed by atoms with Crippen molar-refractivity contribution in [3.8, 4) is 0 Å². The molecule has 3 nitrogen and oxygen atoms in total. The first-order valence-corrected chi connectivity index (χ1v) is 4.17. The van der Waals surface area contributed by atoms with E-state index in [9.17, 15) is 0 Å². The van der Waals surface area contributed by atoms with Crippen LogP contribution in [0.5, 0.6) is 0 Å². The molecule has 3 N–H and O–H groups in total. The molecule has 1 unspecified atom stereocenters. The van der Waals surface area contributed by atoms with E-state index in [4.69, 9.17) is 15.3 Å². The lowest BCUT2D eigenvalue weighted by molar-refractivity contribution is -0.0502. The summed E-state index contributed by atoms with van der Waals surface area (Å²) in [6, 6.07) is 0. The molecule has 0 radical (unpaired) electrons. The molecule has 1 atom stereocenters. The topological polar surface area (TPSA) is 60.7 Å². The van der Waals surface area contributed by atoms with Crippen molar-refractivity contribution in [3.63, 3.8) is 0 Å². The summed E-state index contributed by atoms with van der Waals surface area (Å²) >= 11 is 0. The average Bonchev–Trinajstić information content (AvgIpc) is 1.97. The van der Waals surface area contributed by atoms with Crippen molar-refractivity contribution in [2.24, 2.45) is 5.92 Å². The highest BCUT2D eigenvalue weighted by atomic mass is 16.5. The van der Waals surface area contributed by atoms with E-state index in [1.807, 2.05) is 0 Å². The molecule has 0 rings (SSSR count). The minimum absolute atomic E-state index is 0.153.